The molecule has 0 aromatic heterocycles. The fourth-order valence-electron chi connectivity index (χ4n) is 5.96. The second kappa shape index (κ2) is 8.87. The monoisotopic (exact) mass is 366 g/mol. The van der Waals surface area contributed by atoms with Crippen LogP contribution in [0, 0.1) is 17.3 Å². The molecule has 150 valence electrons. The lowest BCUT2D eigenvalue weighted by atomic mass is 9.71. The first kappa shape index (κ1) is 19.1. The Kier molecular flexibility index (Phi) is 6.53. The molecule has 5 nitrogen and oxygen atoms in total. The predicted molar refractivity (Wildman–Crippen MR) is 102 cm³/mol. The van der Waals surface area contributed by atoms with E-state index in [4.69, 9.17) is 14.2 Å². The summed E-state index contributed by atoms with van der Waals surface area (Å²) in [5.41, 5.74) is 0.489. The minimum Gasteiger partial charge on any atom is -0.384 e. The van der Waals surface area contributed by atoms with E-state index in [9.17, 15) is 0 Å². The van der Waals surface area contributed by atoms with Crippen molar-refractivity contribution in [2.75, 3.05) is 72.9 Å². The molecule has 4 fully saturated rings. The van der Waals surface area contributed by atoms with Crippen LogP contribution in [-0.2, 0) is 14.2 Å². The average Bonchev–Trinajstić information content (AvgIpc) is 3.00. The van der Waals surface area contributed by atoms with Crippen LogP contribution in [0.4, 0.5) is 0 Å². The van der Waals surface area contributed by atoms with Gasteiger partial charge in [-0.25, -0.2) is 0 Å². The minimum atomic E-state index is 0.489. The van der Waals surface area contributed by atoms with Crippen LogP contribution in [0.3, 0.4) is 0 Å². The Morgan fingerprint density at radius 3 is 2.27 bits per heavy atom. The van der Waals surface area contributed by atoms with Crippen LogP contribution in [0.1, 0.15) is 38.5 Å². The molecule has 1 spiro atoms. The summed E-state index contributed by atoms with van der Waals surface area (Å²) < 4.78 is 16.8. The van der Waals surface area contributed by atoms with E-state index in [2.05, 4.69) is 9.80 Å². The molecule has 0 bridgehead atoms. The fraction of sp³-hybridized carbons (Fsp3) is 1.00. The van der Waals surface area contributed by atoms with Gasteiger partial charge in [-0.1, -0.05) is 0 Å². The van der Waals surface area contributed by atoms with Crippen molar-refractivity contribution in [3.05, 3.63) is 0 Å². The molecular weight excluding hydrogens is 328 g/mol. The highest BCUT2D eigenvalue weighted by atomic mass is 16.5. The molecule has 5 heteroatoms. The summed E-state index contributed by atoms with van der Waals surface area (Å²) in [5.74, 6) is 1.55. The number of piperidine rings is 1. The maximum Gasteiger partial charge on any atom is 0.0508 e. The molecule has 4 aliphatic rings. The third-order valence-electron chi connectivity index (χ3n) is 7.61. The Morgan fingerprint density at radius 2 is 1.62 bits per heavy atom. The number of rotatable bonds is 5. The van der Waals surface area contributed by atoms with Crippen LogP contribution in [0.15, 0.2) is 0 Å². The van der Waals surface area contributed by atoms with E-state index in [1.165, 1.54) is 71.2 Å². The average molecular weight is 367 g/mol. The highest BCUT2D eigenvalue weighted by Crippen LogP contribution is 2.45. The van der Waals surface area contributed by atoms with Gasteiger partial charge in [0.25, 0.3) is 0 Å². The number of ether oxygens (including phenoxy) is 3. The molecule has 4 heterocycles. The van der Waals surface area contributed by atoms with Crippen molar-refractivity contribution in [3.63, 3.8) is 0 Å². The van der Waals surface area contributed by atoms with Crippen LogP contribution in [-0.4, -0.2) is 88.7 Å². The quantitative estimate of drug-likeness (QED) is 0.746. The minimum absolute atomic E-state index is 0.489. The summed E-state index contributed by atoms with van der Waals surface area (Å²) in [6, 6.07) is 0.765. The summed E-state index contributed by atoms with van der Waals surface area (Å²) >= 11 is 0. The van der Waals surface area contributed by atoms with E-state index in [1.807, 2.05) is 7.11 Å². The van der Waals surface area contributed by atoms with Crippen molar-refractivity contribution < 1.29 is 14.2 Å². The van der Waals surface area contributed by atoms with Gasteiger partial charge in [-0.15, -0.1) is 0 Å². The first-order valence-electron chi connectivity index (χ1n) is 10.9. The lowest BCUT2D eigenvalue weighted by molar-refractivity contribution is -0.0112. The molecule has 0 amide bonds. The third kappa shape index (κ3) is 4.27. The SMILES string of the molecule is COC[C@@H]1CN(CC2CCOCC2)CC12CCN(C1CCOCC1)CC2. The van der Waals surface area contributed by atoms with Gasteiger partial charge < -0.3 is 24.0 Å². The fourth-order valence-corrected chi connectivity index (χ4v) is 5.96. The van der Waals surface area contributed by atoms with Gasteiger partial charge in [-0.2, -0.15) is 0 Å². The zero-order valence-corrected chi connectivity index (χ0v) is 16.7. The maximum atomic E-state index is 5.66. The lowest BCUT2D eigenvalue weighted by Gasteiger charge is -2.46. The standard InChI is InChI=1S/C21H38N2O3/c1-24-16-19-15-22(14-18-2-10-25-11-3-18)17-21(19)6-8-23(9-7-21)20-4-12-26-13-5-20/h18-20H,2-17H2,1H3/t19-/m0/s1. The molecule has 0 aromatic carbocycles. The molecule has 4 aliphatic heterocycles. The molecule has 4 saturated heterocycles. The highest BCUT2D eigenvalue weighted by molar-refractivity contribution is 5.00. The largest absolute Gasteiger partial charge is 0.384 e. The maximum absolute atomic E-state index is 5.66. The second-order valence-corrected chi connectivity index (χ2v) is 9.14. The van der Waals surface area contributed by atoms with E-state index < -0.39 is 0 Å². The van der Waals surface area contributed by atoms with E-state index in [1.54, 1.807) is 0 Å². The normalized spacial score (nSPS) is 32.4. The van der Waals surface area contributed by atoms with Crippen molar-refractivity contribution in [2.24, 2.45) is 17.3 Å². The van der Waals surface area contributed by atoms with Gasteiger partial charge in [-0.05, 0) is 62.9 Å². The summed E-state index contributed by atoms with van der Waals surface area (Å²) in [5, 5.41) is 0. The van der Waals surface area contributed by atoms with Gasteiger partial charge in [0.15, 0.2) is 0 Å². The van der Waals surface area contributed by atoms with Gasteiger partial charge in [0.2, 0.25) is 0 Å². The first-order valence-corrected chi connectivity index (χ1v) is 10.9. The number of methoxy groups -OCH3 is 1. The Labute approximate surface area is 159 Å². The zero-order chi connectivity index (χ0) is 17.8. The molecule has 26 heavy (non-hydrogen) atoms. The lowest BCUT2D eigenvalue weighted by Crippen LogP contribution is -2.50. The first-order chi connectivity index (χ1) is 12.8. The molecule has 0 aliphatic carbocycles. The van der Waals surface area contributed by atoms with Crippen molar-refractivity contribution in [1.29, 1.82) is 0 Å². The van der Waals surface area contributed by atoms with Gasteiger partial charge in [-0.3, -0.25) is 0 Å². The van der Waals surface area contributed by atoms with Gasteiger partial charge in [0.05, 0.1) is 6.61 Å². The molecule has 1 atom stereocenters. The summed E-state index contributed by atoms with van der Waals surface area (Å²) in [6.45, 7) is 11.1. The van der Waals surface area contributed by atoms with Gasteiger partial charge >= 0.3 is 0 Å². The Hall–Kier alpha value is -0.200. The second-order valence-electron chi connectivity index (χ2n) is 9.14. The highest BCUT2D eigenvalue weighted by Gasteiger charge is 2.48. The molecule has 4 rings (SSSR count). The van der Waals surface area contributed by atoms with E-state index >= 15 is 0 Å². The summed E-state index contributed by atoms with van der Waals surface area (Å²) in [4.78, 5) is 5.53. The van der Waals surface area contributed by atoms with Crippen LogP contribution < -0.4 is 0 Å². The topological polar surface area (TPSA) is 34.2 Å². The Balaban J connectivity index is 1.34. The predicted octanol–water partition coefficient (Wildman–Crippen LogP) is 2.25. The molecule has 0 unspecified atom stereocenters. The molecule has 0 aromatic rings. The van der Waals surface area contributed by atoms with Crippen LogP contribution in [0.2, 0.25) is 0 Å². The molecule has 0 radical (unpaired) electrons. The number of nitrogens with zero attached hydrogens (tertiary/aromatic N) is 2. The summed E-state index contributed by atoms with van der Waals surface area (Å²) in [6.07, 6.45) is 7.64. The van der Waals surface area contributed by atoms with E-state index in [0.29, 0.717) is 11.3 Å². The van der Waals surface area contributed by atoms with E-state index in [-0.39, 0.29) is 0 Å². The summed E-state index contributed by atoms with van der Waals surface area (Å²) in [7, 11) is 1.88. The van der Waals surface area contributed by atoms with Gasteiger partial charge in [0, 0.05) is 65.1 Å². The van der Waals surface area contributed by atoms with E-state index in [0.717, 1.165) is 45.0 Å². The van der Waals surface area contributed by atoms with Crippen molar-refractivity contribution >= 4 is 0 Å². The smallest absolute Gasteiger partial charge is 0.0508 e. The van der Waals surface area contributed by atoms with Crippen molar-refractivity contribution in [3.8, 4) is 0 Å². The molecule has 0 N–H and O–H groups in total. The number of likely N-dealkylation sites (tertiary alicyclic amines) is 2. The number of hydrogen-bond acceptors (Lipinski definition) is 5. The zero-order valence-electron chi connectivity index (χ0n) is 16.7. The number of hydrogen-bond donors (Lipinski definition) is 0. The third-order valence-corrected chi connectivity index (χ3v) is 7.61. The van der Waals surface area contributed by atoms with Crippen LogP contribution in [0.5, 0.6) is 0 Å². The molecule has 0 saturated carbocycles. The Bertz CT molecular complexity index is 427. The van der Waals surface area contributed by atoms with Crippen LogP contribution >= 0.6 is 0 Å². The van der Waals surface area contributed by atoms with Crippen molar-refractivity contribution in [2.45, 2.75) is 44.6 Å². The van der Waals surface area contributed by atoms with Gasteiger partial charge in [0.1, 0.15) is 0 Å². The Morgan fingerprint density at radius 1 is 0.962 bits per heavy atom. The van der Waals surface area contributed by atoms with Crippen molar-refractivity contribution in [1.82, 2.24) is 9.80 Å². The molecular formula is C21H38N2O3. The van der Waals surface area contributed by atoms with Crippen LogP contribution in [0.25, 0.3) is 0 Å².